The Morgan fingerprint density at radius 2 is 2.24 bits per heavy atom. The van der Waals surface area contributed by atoms with Crippen molar-refractivity contribution in [2.24, 2.45) is 0 Å². The number of rotatable bonds is 4. The first-order valence-electron chi connectivity index (χ1n) is 6.24. The first-order valence-corrected chi connectivity index (χ1v) is 6.24. The molecule has 2 aromatic rings. The molecule has 0 unspecified atom stereocenters. The summed E-state index contributed by atoms with van der Waals surface area (Å²) in [7, 11) is 0. The van der Waals surface area contributed by atoms with Crippen LogP contribution in [0.1, 0.15) is 22.8 Å². The number of anilines is 2. The van der Waals surface area contributed by atoms with Crippen LogP contribution in [0.2, 0.25) is 0 Å². The summed E-state index contributed by atoms with van der Waals surface area (Å²) in [6.07, 6.45) is 1.37. The van der Waals surface area contributed by atoms with Gasteiger partial charge in [-0.1, -0.05) is 0 Å². The van der Waals surface area contributed by atoms with Crippen LogP contribution in [0.5, 0.6) is 0 Å². The van der Waals surface area contributed by atoms with Crippen molar-refractivity contribution < 1.29 is 13.9 Å². The number of hydrogen-bond donors (Lipinski definition) is 1. The van der Waals surface area contributed by atoms with E-state index in [-0.39, 0.29) is 5.56 Å². The molecule has 0 radical (unpaired) electrons. The summed E-state index contributed by atoms with van der Waals surface area (Å²) in [5.41, 5.74) is 0.948. The van der Waals surface area contributed by atoms with Crippen LogP contribution in [0.3, 0.4) is 0 Å². The van der Waals surface area contributed by atoms with Gasteiger partial charge in [-0.2, -0.15) is 5.26 Å². The predicted molar refractivity (Wildman–Crippen MR) is 74.6 cm³/mol. The summed E-state index contributed by atoms with van der Waals surface area (Å²) in [5, 5.41) is 11.9. The van der Waals surface area contributed by atoms with Gasteiger partial charge in [0, 0.05) is 6.20 Å². The van der Waals surface area contributed by atoms with Gasteiger partial charge in [0.1, 0.15) is 17.7 Å². The van der Waals surface area contributed by atoms with Crippen LogP contribution in [0.25, 0.3) is 0 Å². The number of nitrogens with one attached hydrogen (secondary N) is 1. The molecule has 0 spiro atoms. The molecule has 21 heavy (non-hydrogen) atoms. The maximum atomic E-state index is 13.0. The third-order valence-electron chi connectivity index (χ3n) is 2.64. The first kappa shape index (κ1) is 14.5. The van der Waals surface area contributed by atoms with E-state index in [2.05, 4.69) is 10.3 Å². The minimum Gasteiger partial charge on any atom is -0.462 e. The summed E-state index contributed by atoms with van der Waals surface area (Å²) >= 11 is 0. The fraction of sp³-hybridized carbons (Fsp3) is 0.133. The molecule has 0 bridgehead atoms. The number of ether oxygens (including phenoxy) is 1. The molecule has 0 aliphatic heterocycles. The van der Waals surface area contributed by atoms with Gasteiger partial charge in [-0.05, 0) is 37.3 Å². The Morgan fingerprint density at radius 3 is 2.86 bits per heavy atom. The Kier molecular flexibility index (Phi) is 4.46. The molecule has 0 aliphatic carbocycles. The molecule has 2 rings (SSSR count). The average Bonchev–Trinajstić information content (AvgIpc) is 2.50. The zero-order chi connectivity index (χ0) is 15.2. The largest absolute Gasteiger partial charge is 0.462 e. The maximum Gasteiger partial charge on any atom is 0.339 e. The smallest absolute Gasteiger partial charge is 0.339 e. The van der Waals surface area contributed by atoms with Crippen LogP contribution >= 0.6 is 0 Å². The lowest BCUT2D eigenvalue weighted by Gasteiger charge is -2.08. The third-order valence-corrected chi connectivity index (χ3v) is 2.64. The second-order valence-corrected chi connectivity index (χ2v) is 4.08. The number of pyridine rings is 1. The van der Waals surface area contributed by atoms with E-state index in [9.17, 15) is 9.18 Å². The molecule has 0 saturated carbocycles. The number of carbonyl (C=O) groups is 1. The second-order valence-electron chi connectivity index (χ2n) is 4.08. The Bertz CT molecular complexity index is 693. The SMILES string of the molecule is CCOC(=O)c1ccc(Nc2ccc(F)cc2C#N)nc1. The maximum absolute atomic E-state index is 13.0. The zero-order valence-electron chi connectivity index (χ0n) is 11.3. The van der Waals surface area contributed by atoms with Crippen LogP contribution < -0.4 is 5.32 Å². The van der Waals surface area contributed by atoms with Crippen LogP contribution in [0.4, 0.5) is 15.9 Å². The van der Waals surface area contributed by atoms with E-state index < -0.39 is 11.8 Å². The Balaban J connectivity index is 2.18. The standard InChI is InChI=1S/C15H12FN3O2/c1-2-21-15(20)10-3-6-14(18-9-10)19-13-5-4-12(16)7-11(13)8-17/h3-7,9H,2H2,1H3,(H,18,19). The Labute approximate surface area is 121 Å². The van der Waals surface area contributed by atoms with Gasteiger partial charge in [0.25, 0.3) is 0 Å². The first-order chi connectivity index (χ1) is 10.1. The number of benzene rings is 1. The molecular formula is C15H12FN3O2. The predicted octanol–water partition coefficient (Wildman–Crippen LogP) is 3.01. The molecule has 1 aromatic heterocycles. The molecule has 1 N–H and O–H groups in total. The van der Waals surface area contributed by atoms with Crippen molar-refractivity contribution in [3.8, 4) is 6.07 Å². The molecule has 1 heterocycles. The van der Waals surface area contributed by atoms with Crippen LogP contribution in [0.15, 0.2) is 36.5 Å². The number of esters is 1. The van der Waals surface area contributed by atoms with Gasteiger partial charge >= 0.3 is 5.97 Å². The lowest BCUT2D eigenvalue weighted by Crippen LogP contribution is -2.05. The summed E-state index contributed by atoms with van der Waals surface area (Å²) in [6, 6.07) is 8.87. The monoisotopic (exact) mass is 285 g/mol. The number of nitriles is 1. The Hall–Kier alpha value is -2.94. The summed E-state index contributed by atoms with van der Waals surface area (Å²) < 4.78 is 17.9. The van der Waals surface area contributed by atoms with Crippen molar-refractivity contribution in [3.05, 3.63) is 53.5 Å². The molecule has 0 atom stereocenters. The quantitative estimate of drug-likeness (QED) is 0.874. The van der Waals surface area contributed by atoms with Crippen molar-refractivity contribution in [3.63, 3.8) is 0 Å². The highest BCUT2D eigenvalue weighted by Crippen LogP contribution is 2.20. The topological polar surface area (TPSA) is 75.0 Å². The molecule has 106 valence electrons. The fourth-order valence-corrected chi connectivity index (χ4v) is 1.66. The number of hydrogen-bond acceptors (Lipinski definition) is 5. The molecule has 5 nitrogen and oxygen atoms in total. The van der Waals surface area contributed by atoms with E-state index in [4.69, 9.17) is 10.00 Å². The summed E-state index contributed by atoms with van der Waals surface area (Å²) in [4.78, 5) is 15.5. The van der Waals surface area contributed by atoms with Crippen molar-refractivity contribution in [1.29, 1.82) is 5.26 Å². The number of aromatic nitrogens is 1. The van der Waals surface area contributed by atoms with E-state index in [1.807, 2.05) is 6.07 Å². The van der Waals surface area contributed by atoms with Crippen LogP contribution in [0, 0.1) is 17.1 Å². The van der Waals surface area contributed by atoms with E-state index in [0.29, 0.717) is 23.7 Å². The van der Waals surface area contributed by atoms with Gasteiger partial charge < -0.3 is 10.1 Å². The minimum absolute atomic E-state index is 0.172. The van der Waals surface area contributed by atoms with E-state index >= 15 is 0 Å². The summed E-state index contributed by atoms with van der Waals surface area (Å²) in [6.45, 7) is 2.01. The van der Waals surface area contributed by atoms with E-state index in [0.717, 1.165) is 6.07 Å². The fourth-order valence-electron chi connectivity index (χ4n) is 1.66. The third kappa shape index (κ3) is 3.54. The molecular weight excluding hydrogens is 273 g/mol. The highest BCUT2D eigenvalue weighted by molar-refractivity contribution is 5.89. The average molecular weight is 285 g/mol. The van der Waals surface area contributed by atoms with Crippen molar-refractivity contribution in [2.45, 2.75) is 6.92 Å². The Morgan fingerprint density at radius 1 is 1.43 bits per heavy atom. The van der Waals surface area contributed by atoms with Gasteiger partial charge in [-0.3, -0.25) is 0 Å². The van der Waals surface area contributed by atoms with Gasteiger partial charge in [-0.25, -0.2) is 14.2 Å². The number of nitrogens with zero attached hydrogens (tertiary/aromatic N) is 2. The molecule has 0 fully saturated rings. The summed E-state index contributed by atoms with van der Waals surface area (Å²) in [5.74, 6) is -0.495. The number of carbonyl (C=O) groups excluding carboxylic acids is 1. The van der Waals surface area contributed by atoms with E-state index in [1.54, 1.807) is 19.1 Å². The van der Waals surface area contributed by atoms with Gasteiger partial charge in [0.15, 0.2) is 0 Å². The van der Waals surface area contributed by atoms with Crippen molar-refractivity contribution in [2.75, 3.05) is 11.9 Å². The molecule has 6 heteroatoms. The van der Waals surface area contributed by atoms with Crippen molar-refractivity contribution >= 4 is 17.5 Å². The van der Waals surface area contributed by atoms with Crippen LogP contribution in [-0.2, 0) is 4.74 Å². The van der Waals surface area contributed by atoms with Crippen LogP contribution in [-0.4, -0.2) is 17.6 Å². The minimum atomic E-state index is -0.484. The molecule has 0 saturated heterocycles. The van der Waals surface area contributed by atoms with Gasteiger partial charge in [0.2, 0.25) is 0 Å². The molecule has 0 aliphatic rings. The lowest BCUT2D eigenvalue weighted by atomic mass is 10.2. The van der Waals surface area contributed by atoms with Gasteiger partial charge in [-0.15, -0.1) is 0 Å². The highest BCUT2D eigenvalue weighted by atomic mass is 19.1. The second kappa shape index (κ2) is 6.48. The number of halogens is 1. The lowest BCUT2D eigenvalue weighted by molar-refractivity contribution is 0.0526. The molecule has 1 aromatic carbocycles. The van der Waals surface area contributed by atoms with Gasteiger partial charge in [0.05, 0.1) is 23.4 Å². The van der Waals surface area contributed by atoms with E-state index in [1.165, 1.54) is 18.3 Å². The molecule has 0 amide bonds. The van der Waals surface area contributed by atoms with Crippen molar-refractivity contribution in [1.82, 2.24) is 4.98 Å². The highest BCUT2D eigenvalue weighted by Gasteiger charge is 2.08. The zero-order valence-corrected chi connectivity index (χ0v) is 11.3. The normalized spacial score (nSPS) is 9.76.